The second-order valence-corrected chi connectivity index (χ2v) is 9.47. The van der Waals surface area contributed by atoms with Gasteiger partial charge in [-0.1, -0.05) is 54.4 Å². The third kappa shape index (κ3) is 5.71. The van der Waals surface area contributed by atoms with Gasteiger partial charge in [0.25, 0.3) is 0 Å². The summed E-state index contributed by atoms with van der Waals surface area (Å²) < 4.78 is 42.4. The molecule has 1 unspecified atom stereocenters. The van der Waals surface area contributed by atoms with Gasteiger partial charge in [-0.2, -0.15) is 4.72 Å². The molecule has 0 radical (unpaired) electrons. The Hall–Kier alpha value is -2.80. The number of ketones is 1. The Morgan fingerprint density at radius 3 is 2.16 bits per heavy atom. The highest BCUT2D eigenvalue weighted by atomic mass is 35.5. The van der Waals surface area contributed by atoms with Gasteiger partial charge in [-0.25, -0.2) is 12.8 Å². The van der Waals surface area contributed by atoms with Gasteiger partial charge < -0.3 is 0 Å². The number of benzene rings is 3. The minimum absolute atomic E-state index is 0.0899. The van der Waals surface area contributed by atoms with Crippen molar-refractivity contribution in [3.05, 3.63) is 112 Å². The summed E-state index contributed by atoms with van der Waals surface area (Å²) in [6.07, 6.45) is 2.18. The number of halogens is 2. The van der Waals surface area contributed by atoms with Crippen molar-refractivity contribution in [1.29, 1.82) is 0 Å². The van der Waals surface area contributed by atoms with Crippen molar-refractivity contribution in [3.63, 3.8) is 0 Å². The van der Waals surface area contributed by atoms with E-state index in [9.17, 15) is 17.6 Å². The summed E-state index contributed by atoms with van der Waals surface area (Å²) in [5.74, 6) is -0.852. The molecule has 4 nitrogen and oxygen atoms in total. The van der Waals surface area contributed by atoms with Crippen LogP contribution in [0.15, 0.2) is 89.3 Å². The standard InChI is InChI=1S/C25H23ClFNO3S/c1-3-4-23(25(29)19-9-13-21(27)14-10-19)24(18-7-11-20(26)12-8-18)28-32(30,31)22-15-5-17(2)6-16-22/h4-16,24,28H,3H2,1-2H3/b23-4-. The van der Waals surface area contributed by atoms with Crippen LogP contribution in [0, 0.1) is 12.7 Å². The first kappa shape index (κ1) is 23.9. The zero-order valence-electron chi connectivity index (χ0n) is 17.7. The quantitative estimate of drug-likeness (QED) is 0.322. The van der Waals surface area contributed by atoms with Crippen LogP contribution in [0.2, 0.25) is 5.02 Å². The maximum Gasteiger partial charge on any atom is 0.241 e. The average molecular weight is 472 g/mol. The Bertz CT molecular complexity index is 1220. The van der Waals surface area contributed by atoms with Crippen molar-refractivity contribution in [2.75, 3.05) is 0 Å². The van der Waals surface area contributed by atoms with Crippen LogP contribution in [0.1, 0.15) is 40.9 Å². The van der Waals surface area contributed by atoms with E-state index >= 15 is 0 Å². The molecule has 0 aliphatic rings. The minimum atomic E-state index is -3.96. The average Bonchev–Trinajstić information content (AvgIpc) is 2.77. The SMILES string of the molecule is CC/C=C(\C(=O)c1ccc(F)cc1)C(NS(=O)(=O)c1ccc(C)cc1)c1ccc(Cl)cc1. The van der Waals surface area contributed by atoms with Gasteiger partial charge in [-0.05, 0) is 67.4 Å². The van der Waals surface area contributed by atoms with Gasteiger partial charge in [-0.15, -0.1) is 0 Å². The molecule has 0 aliphatic heterocycles. The Morgan fingerprint density at radius 2 is 1.59 bits per heavy atom. The number of hydrogen-bond donors (Lipinski definition) is 1. The normalized spacial score (nSPS) is 13.1. The third-order valence-electron chi connectivity index (χ3n) is 4.91. The molecule has 1 N–H and O–H groups in total. The molecule has 1 atom stereocenters. The number of hydrogen-bond acceptors (Lipinski definition) is 3. The molecule has 0 saturated heterocycles. The molecule has 3 aromatic rings. The predicted molar refractivity (Wildman–Crippen MR) is 125 cm³/mol. The van der Waals surface area contributed by atoms with Crippen molar-refractivity contribution in [1.82, 2.24) is 4.72 Å². The number of aryl methyl sites for hydroxylation is 1. The van der Waals surface area contributed by atoms with E-state index in [4.69, 9.17) is 11.6 Å². The molecule has 0 fully saturated rings. The molecule has 3 aromatic carbocycles. The van der Waals surface area contributed by atoms with E-state index < -0.39 is 27.7 Å². The molecule has 166 valence electrons. The van der Waals surface area contributed by atoms with E-state index in [1.165, 1.54) is 36.4 Å². The van der Waals surface area contributed by atoms with Gasteiger partial charge >= 0.3 is 0 Å². The number of carbonyl (C=O) groups is 1. The van der Waals surface area contributed by atoms with Gasteiger partial charge in [0, 0.05) is 16.2 Å². The van der Waals surface area contributed by atoms with Crippen LogP contribution in [0.4, 0.5) is 4.39 Å². The number of allylic oxidation sites excluding steroid dienone is 1. The fourth-order valence-electron chi connectivity index (χ4n) is 3.24. The molecule has 7 heteroatoms. The second kappa shape index (κ2) is 10.2. The lowest BCUT2D eigenvalue weighted by Gasteiger charge is -2.22. The van der Waals surface area contributed by atoms with Crippen LogP contribution < -0.4 is 4.72 Å². The number of sulfonamides is 1. The topological polar surface area (TPSA) is 63.2 Å². The lowest BCUT2D eigenvalue weighted by atomic mass is 9.92. The number of nitrogens with one attached hydrogen (secondary N) is 1. The number of rotatable bonds is 8. The lowest BCUT2D eigenvalue weighted by molar-refractivity contribution is 0.102. The molecule has 0 heterocycles. The minimum Gasteiger partial charge on any atom is -0.289 e. The predicted octanol–water partition coefficient (Wildman–Crippen LogP) is 6.03. The highest BCUT2D eigenvalue weighted by Gasteiger charge is 2.28. The van der Waals surface area contributed by atoms with Crippen LogP contribution in [-0.4, -0.2) is 14.2 Å². The van der Waals surface area contributed by atoms with E-state index in [0.29, 0.717) is 17.0 Å². The lowest BCUT2D eigenvalue weighted by Crippen LogP contribution is -2.32. The van der Waals surface area contributed by atoms with Gasteiger partial charge in [0.05, 0.1) is 10.9 Å². The van der Waals surface area contributed by atoms with Gasteiger partial charge in [0.1, 0.15) is 5.82 Å². The number of Topliss-reactive ketones (excluding diaryl/α,β-unsaturated/α-hetero) is 1. The van der Waals surface area contributed by atoms with E-state index in [-0.39, 0.29) is 16.0 Å². The Balaban J connectivity index is 2.08. The summed E-state index contributed by atoms with van der Waals surface area (Å²) in [5, 5.41) is 0.486. The van der Waals surface area contributed by atoms with Crippen molar-refractivity contribution in [2.45, 2.75) is 31.2 Å². The fourth-order valence-corrected chi connectivity index (χ4v) is 4.57. The molecule has 0 bridgehead atoms. The first-order valence-electron chi connectivity index (χ1n) is 10.1. The summed E-state index contributed by atoms with van der Waals surface area (Å²) in [5.41, 5.74) is 1.99. The summed E-state index contributed by atoms with van der Waals surface area (Å²) >= 11 is 6.02. The maximum absolute atomic E-state index is 13.4. The number of carbonyl (C=O) groups excluding carboxylic acids is 1. The fraction of sp³-hybridized carbons (Fsp3) is 0.160. The summed E-state index contributed by atoms with van der Waals surface area (Å²) in [7, 11) is -3.96. The van der Waals surface area contributed by atoms with Crippen LogP contribution in [-0.2, 0) is 10.0 Å². The molecule has 0 aromatic heterocycles. The first-order chi connectivity index (χ1) is 15.2. The summed E-state index contributed by atoms with van der Waals surface area (Å²) in [4.78, 5) is 13.4. The Kier molecular flexibility index (Phi) is 7.61. The van der Waals surface area contributed by atoms with Crippen LogP contribution in [0.25, 0.3) is 0 Å². The van der Waals surface area contributed by atoms with Crippen molar-refractivity contribution >= 4 is 27.4 Å². The van der Waals surface area contributed by atoms with Crippen molar-refractivity contribution < 1.29 is 17.6 Å². The second-order valence-electron chi connectivity index (χ2n) is 7.32. The molecule has 32 heavy (non-hydrogen) atoms. The zero-order chi connectivity index (χ0) is 23.3. The molecular weight excluding hydrogens is 449 g/mol. The molecule has 0 aliphatic carbocycles. The van der Waals surface area contributed by atoms with E-state index in [0.717, 1.165) is 5.56 Å². The largest absolute Gasteiger partial charge is 0.289 e. The Morgan fingerprint density at radius 1 is 1.00 bits per heavy atom. The monoisotopic (exact) mass is 471 g/mol. The maximum atomic E-state index is 13.4. The Labute approximate surface area is 192 Å². The van der Waals surface area contributed by atoms with Crippen molar-refractivity contribution in [2.24, 2.45) is 0 Å². The molecule has 3 rings (SSSR count). The van der Waals surface area contributed by atoms with Crippen molar-refractivity contribution in [3.8, 4) is 0 Å². The highest BCUT2D eigenvalue weighted by molar-refractivity contribution is 7.89. The first-order valence-corrected chi connectivity index (χ1v) is 11.9. The smallest absolute Gasteiger partial charge is 0.241 e. The van der Waals surface area contributed by atoms with Gasteiger partial charge in [-0.3, -0.25) is 4.79 Å². The van der Waals surface area contributed by atoms with Gasteiger partial charge in [0.2, 0.25) is 10.0 Å². The molecular formula is C25H23ClFNO3S. The highest BCUT2D eigenvalue weighted by Crippen LogP contribution is 2.29. The van der Waals surface area contributed by atoms with Crippen LogP contribution in [0.5, 0.6) is 0 Å². The van der Waals surface area contributed by atoms with E-state index in [2.05, 4.69) is 4.72 Å². The summed E-state index contributed by atoms with van der Waals surface area (Å²) in [6, 6.07) is 17.3. The van der Waals surface area contributed by atoms with Crippen LogP contribution in [0.3, 0.4) is 0 Å². The summed E-state index contributed by atoms with van der Waals surface area (Å²) in [6.45, 7) is 3.72. The molecule has 0 amide bonds. The van der Waals surface area contributed by atoms with E-state index in [1.54, 1.807) is 42.5 Å². The third-order valence-corrected chi connectivity index (χ3v) is 6.60. The zero-order valence-corrected chi connectivity index (χ0v) is 19.3. The molecule has 0 saturated carbocycles. The van der Waals surface area contributed by atoms with Crippen LogP contribution >= 0.6 is 11.6 Å². The molecule has 0 spiro atoms. The van der Waals surface area contributed by atoms with E-state index in [1.807, 2.05) is 13.8 Å². The van der Waals surface area contributed by atoms with Gasteiger partial charge in [0.15, 0.2) is 5.78 Å².